The van der Waals surface area contributed by atoms with E-state index in [1.165, 1.54) is 6.20 Å². The highest BCUT2D eigenvalue weighted by Crippen LogP contribution is 2.40. The fraction of sp³-hybridized carbons (Fsp3) is 0.714. The Labute approximate surface area is 119 Å². The van der Waals surface area contributed by atoms with Crippen LogP contribution in [0.5, 0.6) is 0 Å². The summed E-state index contributed by atoms with van der Waals surface area (Å²) in [6.45, 7) is 6.74. The molecule has 1 aromatic rings. The number of hydrogen-bond donors (Lipinski definition) is 2. The van der Waals surface area contributed by atoms with Crippen LogP contribution in [0.3, 0.4) is 0 Å². The van der Waals surface area contributed by atoms with Gasteiger partial charge in [0.2, 0.25) is 0 Å². The first-order valence-electron chi connectivity index (χ1n) is 6.97. The number of aryl methyl sites for hydroxylation is 1. The summed E-state index contributed by atoms with van der Waals surface area (Å²) in [6.07, 6.45) is 2.01. The van der Waals surface area contributed by atoms with Gasteiger partial charge in [-0.15, -0.1) is 0 Å². The van der Waals surface area contributed by atoms with Gasteiger partial charge in [-0.3, -0.25) is 4.68 Å². The zero-order valence-electron chi connectivity index (χ0n) is 12.5. The molecule has 6 nitrogen and oxygen atoms in total. The maximum Gasteiger partial charge on any atom is 0.341 e. The normalized spacial score (nSPS) is 24.2. The van der Waals surface area contributed by atoms with Gasteiger partial charge in [-0.25, -0.2) is 4.79 Å². The van der Waals surface area contributed by atoms with E-state index in [0.29, 0.717) is 18.7 Å². The molecule has 0 bridgehead atoms. The Hall–Kier alpha value is -1.40. The van der Waals surface area contributed by atoms with Gasteiger partial charge >= 0.3 is 5.97 Å². The van der Waals surface area contributed by atoms with Gasteiger partial charge in [-0.1, -0.05) is 13.8 Å². The SMILES string of the molecule is CCOC(=O)c1cnn(C)c1CNC1CC(O)C1(C)C. The van der Waals surface area contributed by atoms with Crippen LogP contribution < -0.4 is 5.32 Å². The van der Waals surface area contributed by atoms with Crippen molar-refractivity contribution in [2.75, 3.05) is 6.61 Å². The molecule has 1 fully saturated rings. The van der Waals surface area contributed by atoms with Crippen molar-refractivity contribution in [3.05, 3.63) is 17.5 Å². The summed E-state index contributed by atoms with van der Waals surface area (Å²) >= 11 is 0. The molecule has 0 aliphatic heterocycles. The van der Waals surface area contributed by atoms with Crippen molar-refractivity contribution in [3.8, 4) is 0 Å². The average molecular weight is 281 g/mol. The number of esters is 1. The van der Waals surface area contributed by atoms with Crippen LogP contribution in [0.1, 0.15) is 43.2 Å². The first-order chi connectivity index (χ1) is 9.37. The van der Waals surface area contributed by atoms with Crippen LogP contribution in [0.15, 0.2) is 6.20 Å². The number of carbonyl (C=O) groups excluding carboxylic acids is 1. The van der Waals surface area contributed by atoms with Crippen LogP contribution in [-0.4, -0.2) is 39.6 Å². The molecule has 0 amide bonds. The van der Waals surface area contributed by atoms with Crippen LogP contribution >= 0.6 is 0 Å². The van der Waals surface area contributed by atoms with Gasteiger partial charge in [0, 0.05) is 25.0 Å². The molecule has 1 heterocycles. The average Bonchev–Trinajstić information content (AvgIpc) is 2.76. The lowest BCUT2D eigenvalue weighted by Gasteiger charge is -2.49. The van der Waals surface area contributed by atoms with E-state index in [1.54, 1.807) is 18.7 Å². The highest BCUT2D eigenvalue weighted by Gasteiger charge is 2.46. The minimum atomic E-state index is -0.342. The Bertz CT molecular complexity index is 496. The number of carbonyl (C=O) groups is 1. The lowest BCUT2D eigenvalue weighted by Crippen LogP contribution is -2.59. The van der Waals surface area contributed by atoms with Gasteiger partial charge in [0.05, 0.1) is 24.6 Å². The standard InChI is InChI=1S/C14H23N3O3/c1-5-20-13(19)9-7-16-17(4)10(9)8-15-11-6-12(18)14(11,2)3/h7,11-12,15,18H,5-6,8H2,1-4H3. The van der Waals surface area contributed by atoms with Crippen molar-refractivity contribution in [3.63, 3.8) is 0 Å². The van der Waals surface area contributed by atoms with Crippen molar-refractivity contribution in [2.45, 2.75) is 45.9 Å². The number of rotatable bonds is 5. The molecular weight excluding hydrogens is 258 g/mol. The highest BCUT2D eigenvalue weighted by atomic mass is 16.5. The van der Waals surface area contributed by atoms with Gasteiger partial charge in [-0.2, -0.15) is 5.10 Å². The molecule has 0 aromatic carbocycles. The van der Waals surface area contributed by atoms with Gasteiger partial charge in [0.15, 0.2) is 0 Å². The van der Waals surface area contributed by atoms with Gasteiger partial charge < -0.3 is 15.2 Å². The number of nitrogens with one attached hydrogen (secondary N) is 1. The van der Waals surface area contributed by atoms with Gasteiger partial charge in [-0.05, 0) is 13.3 Å². The number of ether oxygens (including phenoxy) is 1. The van der Waals surface area contributed by atoms with Crippen molar-refractivity contribution in [1.82, 2.24) is 15.1 Å². The largest absolute Gasteiger partial charge is 0.462 e. The molecule has 2 rings (SSSR count). The van der Waals surface area contributed by atoms with Crippen LogP contribution in [-0.2, 0) is 18.3 Å². The lowest BCUT2D eigenvalue weighted by atomic mass is 9.64. The highest BCUT2D eigenvalue weighted by molar-refractivity contribution is 5.90. The molecule has 112 valence electrons. The van der Waals surface area contributed by atoms with Crippen molar-refractivity contribution in [1.29, 1.82) is 0 Å². The van der Waals surface area contributed by atoms with Crippen LogP contribution in [0.25, 0.3) is 0 Å². The molecule has 0 radical (unpaired) electrons. The van der Waals surface area contributed by atoms with E-state index in [1.807, 2.05) is 13.8 Å². The quantitative estimate of drug-likeness (QED) is 0.782. The topological polar surface area (TPSA) is 76.4 Å². The first kappa shape index (κ1) is 15.0. The third-order valence-corrected chi connectivity index (χ3v) is 4.29. The van der Waals surface area contributed by atoms with Crippen LogP contribution in [0, 0.1) is 5.41 Å². The number of hydrogen-bond acceptors (Lipinski definition) is 5. The van der Waals surface area contributed by atoms with Crippen molar-refractivity contribution >= 4 is 5.97 Å². The fourth-order valence-electron chi connectivity index (χ4n) is 2.52. The zero-order valence-corrected chi connectivity index (χ0v) is 12.5. The Morgan fingerprint density at radius 2 is 2.35 bits per heavy atom. The molecule has 2 unspecified atom stereocenters. The van der Waals surface area contributed by atoms with E-state index in [0.717, 1.165) is 12.1 Å². The molecular formula is C14H23N3O3. The second-order valence-corrected chi connectivity index (χ2v) is 5.86. The molecule has 2 atom stereocenters. The summed E-state index contributed by atoms with van der Waals surface area (Å²) in [5.41, 5.74) is 1.17. The smallest absolute Gasteiger partial charge is 0.341 e. The predicted octanol–water partition coefficient (Wildman–Crippen LogP) is 0.846. The Kier molecular flexibility index (Phi) is 4.15. The second kappa shape index (κ2) is 5.54. The molecule has 0 saturated heterocycles. The number of aliphatic hydroxyl groups is 1. The second-order valence-electron chi connectivity index (χ2n) is 5.86. The summed E-state index contributed by atoms with van der Waals surface area (Å²) in [4.78, 5) is 11.8. The van der Waals surface area contributed by atoms with E-state index >= 15 is 0 Å². The predicted molar refractivity (Wildman–Crippen MR) is 74.2 cm³/mol. The van der Waals surface area contributed by atoms with Gasteiger partial charge in [0.1, 0.15) is 5.56 Å². The lowest BCUT2D eigenvalue weighted by molar-refractivity contribution is -0.0731. The summed E-state index contributed by atoms with van der Waals surface area (Å²) in [5.74, 6) is -0.342. The summed E-state index contributed by atoms with van der Waals surface area (Å²) < 4.78 is 6.71. The Morgan fingerprint density at radius 3 is 2.90 bits per heavy atom. The first-order valence-corrected chi connectivity index (χ1v) is 6.97. The molecule has 1 aliphatic rings. The Balaban J connectivity index is 2.03. The Morgan fingerprint density at radius 1 is 1.65 bits per heavy atom. The fourth-order valence-corrected chi connectivity index (χ4v) is 2.52. The summed E-state index contributed by atoms with van der Waals surface area (Å²) in [6, 6.07) is 0.238. The monoisotopic (exact) mass is 281 g/mol. The molecule has 20 heavy (non-hydrogen) atoms. The summed E-state index contributed by atoms with van der Waals surface area (Å²) in [5, 5.41) is 17.3. The summed E-state index contributed by atoms with van der Waals surface area (Å²) in [7, 11) is 1.81. The maximum atomic E-state index is 11.8. The van der Waals surface area contributed by atoms with Crippen LogP contribution in [0.4, 0.5) is 0 Å². The minimum absolute atomic E-state index is 0.136. The zero-order chi connectivity index (χ0) is 14.9. The molecule has 1 aliphatic carbocycles. The molecule has 1 saturated carbocycles. The molecule has 6 heteroatoms. The minimum Gasteiger partial charge on any atom is -0.462 e. The van der Waals surface area contributed by atoms with E-state index in [-0.39, 0.29) is 23.5 Å². The number of nitrogens with zero attached hydrogens (tertiary/aromatic N) is 2. The molecule has 2 N–H and O–H groups in total. The van der Waals surface area contributed by atoms with E-state index in [9.17, 15) is 9.90 Å². The van der Waals surface area contributed by atoms with Crippen molar-refractivity contribution < 1.29 is 14.6 Å². The number of aliphatic hydroxyl groups excluding tert-OH is 1. The maximum absolute atomic E-state index is 11.8. The third kappa shape index (κ3) is 2.58. The van der Waals surface area contributed by atoms with Gasteiger partial charge in [0.25, 0.3) is 0 Å². The molecule has 1 aromatic heterocycles. The van der Waals surface area contributed by atoms with Crippen molar-refractivity contribution in [2.24, 2.45) is 12.5 Å². The van der Waals surface area contributed by atoms with Crippen LogP contribution in [0.2, 0.25) is 0 Å². The van der Waals surface area contributed by atoms with E-state index < -0.39 is 0 Å². The van der Waals surface area contributed by atoms with E-state index in [2.05, 4.69) is 10.4 Å². The number of aromatic nitrogens is 2. The van der Waals surface area contributed by atoms with E-state index in [4.69, 9.17) is 4.74 Å². The third-order valence-electron chi connectivity index (χ3n) is 4.29. The molecule has 0 spiro atoms.